The van der Waals surface area contributed by atoms with Gasteiger partial charge < -0.3 is 33.7 Å². The number of rotatable bonds is 12. The Labute approximate surface area is 435 Å². The van der Waals surface area contributed by atoms with Crippen molar-refractivity contribution in [2.45, 2.75) is 208 Å². The molecule has 0 radical (unpaired) electrons. The van der Waals surface area contributed by atoms with Gasteiger partial charge in [0.2, 0.25) is 5.91 Å². The molecule has 5 saturated carbocycles. The summed E-state index contributed by atoms with van der Waals surface area (Å²) in [4.78, 5) is 66.6. The van der Waals surface area contributed by atoms with Crippen molar-refractivity contribution < 1.29 is 52.4 Å². The molecule has 8 aliphatic rings. The molecule has 1 N–H and O–H groups in total. The second kappa shape index (κ2) is 19.0. The van der Waals surface area contributed by atoms with Crippen molar-refractivity contribution in [3.63, 3.8) is 0 Å². The molecular formula is C61H87NO11. The molecule has 2 bridgehead atoms. The molecular weight excluding hydrogens is 923 g/mol. The van der Waals surface area contributed by atoms with Crippen molar-refractivity contribution in [1.82, 2.24) is 5.32 Å². The molecule has 12 heteroatoms. The van der Waals surface area contributed by atoms with Gasteiger partial charge in [-0.05, 0) is 170 Å². The van der Waals surface area contributed by atoms with Crippen LogP contribution in [-0.4, -0.2) is 69.4 Å². The molecule has 13 atom stereocenters. The number of unbranched alkanes of at least 4 members (excludes halogenated alkanes) is 1. The Hall–Kier alpha value is -4.35. The van der Waals surface area contributed by atoms with Gasteiger partial charge in [0.1, 0.15) is 11.9 Å². The van der Waals surface area contributed by atoms with Crippen molar-refractivity contribution in [1.29, 1.82) is 0 Å². The molecule has 73 heavy (non-hydrogen) atoms. The summed E-state index contributed by atoms with van der Waals surface area (Å²) >= 11 is 0. The van der Waals surface area contributed by atoms with E-state index in [2.05, 4.69) is 66.8 Å². The number of amides is 1. The van der Waals surface area contributed by atoms with Crippen LogP contribution in [0.2, 0.25) is 0 Å². The number of esters is 4. The van der Waals surface area contributed by atoms with Gasteiger partial charge in [0.15, 0.2) is 17.6 Å². The van der Waals surface area contributed by atoms with Gasteiger partial charge in [-0.2, -0.15) is 0 Å². The Morgan fingerprint density at radius 3 is 2.15 bits per heavy atom. The predicted molar refractivity (Wildman–Crippen MR) is 277 cm³/mol. The minimum atomic E-state index is -0.905. The number of benzene rings is 1. The summed E-state index contributed by atoms with van der Waals surface area (Å²) in [5.74, 6) is 1.46. The van der Waals surface area contributed by atoms with Crippen LogP contribution in [0.25, 0.3) is 0 Å². The van der Waals surface area contributed by atoms with Crippen molar-refractivity contribution in [3.05, 3.63) is 46.2 Å². The maximum atomic E-state index is 14.0. The molecule has 0 saturated heterocycles. The largest absolute Gasteiger partial charge is 0.497 e. The van der Waals surface area contributed by atoms with E-state index in [0.29, 0.717) is 73.5 Å². The van der Waals surface area contributed by atoms with Crippen LogP contribution in [0.5, 0.6) is 11.5 Å². The maximum absolute atomic E-state index is 14.0. The lowest BCUT2D eigenvalue weighted by atomic mass is 9.33. The molecule has 0 spiro atoms. The van der Waals surface area contributed by atoms with Crippen LogP contribution in [0, 0.1) is 62.1 Å². The third kappa shape index (κ3) is 8.46. The molecule has 8 aliphatic carbocycles. The lowest BCUT2D eigenvalue weighted by Gasteiger charge is -2.71. The normalized spacial score (nSPS) is 38.5. The highest BCUT2D eigenvalue weighted by molar-refractivity contribution is 5.79. The first kappa shape index (κ1) is 53.5. The number of hydrogen-bond acceptors (Lipinski definition) is 11. The number of allylic oxidation sites excluding steroid dienone is 3. The van der Waals surface area contributed by atoms with E-state index in [9.17, 15) is 24.0 Å². The molecule has 1 amide bonds. The summed E-state index contributed by atoms with van der Waals surface area (Å²) < 4.78 is 35.8. The van der Waals surface area contributed by atoms with E-state index in [4.69, 9.17) is 28.4 Å². The van der Waals surface area contributed by atoms with E-state index >= 15 is 0 Å². The topological polar surface area (TPSA) is 153 Å². The minimum Gasteiger partial charge on any atom is -0.497 e. The molecule has 3 unspecified atom stereocenters. The molecule has 0 aliphatic heterocycles. The standard InChI is InChI=1S/C61H87NO11/c1-35-22-27-61-34-43(71-36(2)63)52(72-37(3)64)53(69-12)50(61)39(35)32-38-18-20-42(68-11)51(49(38)61)73-48(66)17-15-14-16-47(65)62-46-24-25-57(8)44(56(46,6)7)23-26-59(10)45(57)21-19-40-41-33-55(4,5)28-30-60(41,54(67)70-13)31-29-58(40,59)9/h18-20,35,39,41,43-46,52H,14-17,21-34H2,1-13H3,(H,62,65)/t35?,39-,41+,43?,44+,45-,46+,52?,57+,58-,59-,60+,61+/m1/s1. The molecule has 1 aromatic carbocycles. The number of hydrogen-bond donors (Lipinski definition) is 1. The smallest absolute Gasteiger partial charge is 0.312 e. The molecule has 402 valence electrons. The minimum absolute atomic E-state index is 0.00248. The molecule has 5 fully saturated rings. The van der Waals surface area contributed by atoms with Gasteiger partial charge in [-0.15, -0.1) is 0 Å². The molecule has 0 heterocycles. The Balaban J connectivity index is 0.863. The second-order valence-corrected chi connectivity index (χ2v) is 26.4. The van der Waals surface area contributed by atoms with Crippen molar-refractivity contribution in [2.24, 2.45) is 62.1 Å². The number of nitrogens with one attached hydrogen (secondary N) is 1. The van der Waals surface area contributed by atoms with Crippen LogP contribution in [0.1, 0.15) is 190 Å². The van der Waals surface area contributed by atoms with Crippen molar-refractivity contribution in [3.8, 4) is 11.5 Å². The van der Waals surface area contributed by atoms with E-state index in [1.165, 1.54) is 13.8 Å². The highest BCUT2D eigenvalue weighted by Gasteiger charge is 2.70. The van der Waals surface area contributed by atoms with Crippen LogP contribution in [0.4, 0.5) is 0 Å². The lowest BCUT2D eigenvalue weighted by molar-refractivity contribution is -0.193. The average Bonchev–Trinajstić information content (AvgIpc) is 3.32. The predicted octanol–water partition coefficient (Wildman–Crippen LogP) is 11.6. The summed E-state index contributed by atoms with van der Waals surface area (Å²) in [6.07, 6.45) is 15.1. The Kier molecular flexibility index (Phi) is 13.9. The first-order valence-corrected chi connectivity index (χ1v) is 28.0. The number of fused-ring (bicyclic) bond motifs is 8. The number of ether oxygens (including phenoxy) is 6. The monoisotopic (exact) mass is 1010 g/mol. The first-order chi connectivity index (χ1) is 34.4. The Morgan fingerprint density at radius 1 is 0.753 bits per heavy atom. The number of carbonyl (C=O) groups is 5. The highest BCUT2D eigenvalue weighted by atomic mass is 16.6. The van der Waals surface area contributed by atoms with Gasteiger partial charge in [-0.3, -0.25) is 24.0 Å². The first-order valence-electron chi connectivity index (χ1n) is 28.0. The van der Waals surface area contributed by atoms with Crippen LogP contribution >= 0.6 is 0 Å². The fourth-order valence-electron chi connectivity index (χ4n) is 18.2. The van der Waals surface area contributed by atoms with E-state index < -0.39 is 40.9 Å². The number of carbonyl (C=O) groups excluding carboxylic acids is 5. The molecule has 0 aromatic heterocycles. The summed E-state index contributed by atoms with van der Waals surface area (Å²) in [6.45, 7) is 22.2. The van der Waals surface area contributed by atoms with Crippen LogP contribution in [0.15, 0.2) is 35.1 Å². The van der Waals surface area contributed by atoms with Gasteiger partial charge in [0.05, 0.1) is 26.7 Å². The molecule has 12 nitrogen and oxygen atoms in total. The van der Waals surface area contributed by atoms with Crippen LogP contribution < -0.4 is 14.8 Å². The zero-order chi connectivity index (χ0) is 52.8. The molecule has 1 aromatic rings. The van der Waals surface area contributed by atoms with Crippen LogP contribution in [-0.2, 0) is 54.8 Å². The molecule has 9 rings (SSSR count). The summed E-state index contributed by atoms with van der Waals surface area (Å²) in [5, 5.41) is 3.52. The Morgan fingerprint density at radius 2 is 1.47 bits per heavy atom. The van der Waals surface area contributed by atoms with E-state index in [1.807, 2.05) is 12.1 Å². The third-order valence-electron chi connectivity index (χ3n) is 22.0. The van der Waals surface area contributed by atoms with Gasteiger partial charge in [0.25, 0.3) is 0 Å². The van der Waals surface area contributed by atoms with Crippen molar-refractivity contribution >= 4 is 29.8 Å². The van der Waals surface area contributed by atoms with Gasteiger partial charge in [-0.25, -0.2) is 0 Å². The Bertz CT molecular complexity index is 2470. The third-order valence-corrected chi connectivity index (χ3v) is 22.0. The van der Waals surface area contributed by atoms with Gasteiger partial charge in [0, 0.05) is 50.1 Å². The summed E-state index contributed by atoms with van der Waals surface area (Å²) in [7, 11) is 4.71. The van der Waals surface area contributed by atoms with Gasteiger partial charge >= 0.3 is 23.9 Å². The second-order valence-electron chi connectivity index (χ2n) is 26.4. The highest BCUT2D eigenvalue weighted by Crippen LogP contribution is 2.76. The summed E-state index contributed by atoms with van der Waals surface area (Å²) in [5.41, 5.74) is 3.60. The SMILES string of the molecule is COC(=O)[C@]12CCC(C)(C)C[C@H]1C1=CC[C@@H]3[C@@]4(C)CC[C@H](NC(=O)CCCCC(=O)Oc5c(OC)ccc6c5[C@@]57CCC(C)[C@@H](C6)C5=C(OC)C(OC(C)=O)C(OC(C)=O)C7)C(C)(C)[C@@H]4CC[C@@]3(C)[C@]1(C)CC2. The van der Waals surface area contributed by atoms with Crippen LogP contribution in [0.3, 0.4) is 0 Å². The zero-order valence-electron chi connectivity index (χ0n) is 46.6. The number of methoxy groups -OCH3 is 3. The fraction of sp³-hybridized carbons (Fsp3) is 0.754. The average molecular weight is 1010 g/mol. The van der Waals surface area contributed by atoms with Crippen molar-refractivity contribution in [2.75, 3.05) is 21.3 Å². The van der Waals surface area contributed by atoms with E-state index in [0.717, 1.165) is 87.3 Å². The lowest BCUT2D eigenvalue weighted by Crippen LogP contribution is -2.66. The quantitative estimate of drug-likeness (QED) is 0.0700. The summed E-state index contributed by atoms with van der Waals surface area (Å²) in [6, 6.07) is 3.96. The maximum Gasteiger partial charge on any atom is 0.312 e. The fourth-order valence-corrected chi connectivity index (χ4v) is 18.2. The van der Waals surface area contributed by atoms with E-state index in [1.54, 1.807) is 26.9 Å². The van der Waals surface area contributed by atoms with E-state index in [-0.39, 0.29) is 63.2 Å². The van der Waals surface area contributed by atoms with Gasteiger partial charge in [-0.1, -0.05) is 73.1 Å². The zero-order valence-corrected chi connectivity index (χ0v) is 46.6.